The van der Waals surface area contributed by atoms with Crippen LogP contribution in [0.15, 0.2) is 87.5 Å². The van der Waals surface area contributed by atoms with Crippen LogP contribution in [-0.4, -0.2) is 35.3 Å². The lowest BCUT2D eigenvalue weighted by molar-refractivity contribution is -0.0517. The van der Waals surface area contributed by atoms with Crippen molar-refractivity contribution in [1.29, 1.82) is 0 Å². The van der Waals surface area contributed by atoms with Gasteiger partial charge >= 0.3 is 5.51 Å². The van der Waals surface area contributed by atoms with Crippen molar-refractivity contribution < 1.29 is 40.4 Å². The molecule has 0 fully saturated rings. The third-order valence-corrected chi connectivity index (χ3v) is 7.53. The summed E-state index contributed by atoms with van der Waals surface area (Å²) in [6, 6.07) is 25.4. The lowest BCUT2D eigenvalue weighted by atomic mass is 10.2. The summed E-state index contributed by atoms with van der Waals surface area (Å²) in [5.41, 5.74) is -6.33. The van der Waals surface area contributed by atoms with Crippen LogP contribution in [0.25, 0.3) is 0 Å². The molecule has 0 aliphatic carbocycles. The van der Waals surface area contributed by atoms with Gasteiger partial charge in [0.25, 0.3) is 0 Å². The molecule has 42 heavy (non-hydrogen) atoms. The number of alkyl halides is 3. The van der Waals surface area contributed by atoms with Gasteiger partial charge in [0, 0.05) is 0 Å². The van der Waals surface area contributed by atoms with Crippen LogP contribution < -0.4 is 14.2 Å². The molecule has 3 rings (SSSR count). The van der Waals surface area contributed by atoms with Crippen molar-refractivity contribution in [3.05, 3.63) is 72.8 Å². The lowest BCUT2D eigenvalue weighted by Crippen LogP contribution is -2.23. The van der Waals surface area contributed by atoms with Gasteiger partial charge < -0.3 is 18.8 Å². The Morgan fingerprint density at radius 3 is 0.857 bits per heavy atom. The molecule has 0 aromatic heterocycles. The Morgan fingerprint density at radius 1 is 0.524 bits per heavy atom. The van der Waals surface area contributed by atoms with Crippen molar-refractivity contribution >= 4 is 21.0 Å². The van der Waals surface area contributed by atoms with Gasteiger partial charge in [-0.05, 0) is 135 Å². The van der Waals surface area contributed by atoms with Crippen LogP contribution in [0.5, 0.6) is 17.2 Å². The first kappa shape index (κ1) is 35.3. The molecule has 0 unspecified atom stereocenters. The molecule has 0 amide bonds. The third kappa shape index (κ3) is 12.1. The highest BCUT2D eigenvalue weighted by Gasteiger charge is 2.37. The Kier molecular flexibility index (Phi) is 11.1. The minimum atomic E-state index is -6.09. The zero-order chi connectivity index (χ0) is 32.1. The van der Waals surface area contributed by atoms with Crippen molar-refractivity contribution in [2.45, 2.75) is 99.3 Å². The van der Waals surface area contributed by atoms with Crippen molar-refractivity contribution in [1.82, 2.24) is 0 Å². The molecule has 6 nitrogen and oxygen atoms in total. The molecular weight excluding hydrogens is 589 g/mol. The van der Waals surface area contributed by atoms with Crippen molar-refractivity contribution in [3.63, 3.8) is 0 Å². The largest absolute Gasteiger partial charge is 0.741 e. The van der Waals surface area contributed by atoms with Crippen LogP contribution in [0, 0.1) is 0 Å². The fraction of sp³-hybridized carbons (Fsp3) is 0.419. The zero-order valence-electron chi connectivity index (χ0n) is 25.3. The summed E-state index contributed by atoms with van der Waals surface area (Å²) >= 11 is 0. The van der Waals surface area contributed by atoms with Crippen molar-refractivity contribution in [2.24, 2.45) is 0 Å². The molecule has 0 heterocycles. The fourth-order valence-electron chi connectivity index (χ4n) is 3.40. The second kappa shape index (κ2) is 13.2. The molecule has 0 N–H and O–H groups in total. The van der Waals surface area contributed by atoms with Gasteiger partial charge in [0.15, 0.2) is 24.8 Å². The number of benzene rings is 3. The maximum Gasteiger partial charge on any atom is 0.485 e. The molecule has 0 aliphatic rings. The van der Waals surface area contributed by atoms with Crippen LogP contribution in [0.2, 0.25) is 0 Å². The first-order chi connectivity index (χ1) is 18.9. The Bertz CT molecular complexity index is 1240. The van der Waals surface area contributed by atoms with E-state index in [0.29, 0.717) is 0 Å². The second-order valence-electron chi connectivity index (χ2n) is 12.3. The fourth-order valence-corrected chi connectivity index (χ4v) is 5.44. The molecule has 232 valence electrons. The van der Waals surface area contributed by atoms with Crippen molar-refractivity contribution in [3.8, 4) is 17.2 Å². The number of hydrogen-bond donors (Lipinski definition) is 0. The van der Waals surface area contributed by atoms with Gasteiger partial charge in [-0.25, -0.2) is 8.42 Å². The highest BCUT2D eigenvalue weighted by Crippen LogP contribution is 2.35. The van der Waals surface area contributed by atoms with Gasteiger partial charge in [-0.15, -0.1) is 0 Å². The Hall–Kier alpha value is -2.89. The smallest absolute Gasteiger partial charge is 0.485 e. The van der Waals surface area contributed by atoms with Crippen LogP contribution >= 0.6 is 0 Å². The summed E-state index contributed by atoms with van der Waals surface area (Å²) in [5, 5.41) is 0. The van der Waals surface area contributed by atoms with Crippen LogP contribution in [0.3, 0.4) is 0 Å². The second-order valence-corrected chi connectivity index (χ2v) is 15.7. The third-order valence-electron chi connectivity index (χ3n) is 4.73. The SMILES string of the molecule is CC(C)(C)Oc1ccc([S+](c2ccc(OC(C)(C)C)cc2)c2ccc(OC(C)(C)C)cc2)cc1.O=S(=O)([O-])C(F)(F)F. The number of halogens is 3. The molecule has 0 saturated heterocycles. The Balaban J connectivity index is 0.000000675. The summed E-state index contributed by atoms with van der Waals surface area (Å²) in [5.74, 6) is 2.63. The molecule has 0 bridgehead atoms. The Morgan fingerprint density at radius 2 is 0.714 bits per heavy atom. The van der Waals surface area contributed by atoms with Gasteiger partial charge in [-0.1, -0.05) is 0 Å². The maximum absolute atomic E-state index is 10.7. The molecule has 3 aromatic carbocycles. The predicted molar refractivity (Wildman–Crippen MR) is 158 cm³/mol. The van der Waals surface area contributed by atoms with E-state index in [1.54, 1.807) is 0 Å². The summed E-state index contributed by atoms with van der Waals surface area (Å²) in [4.78, 5) is 3.70. The van der Waals surface area contributed by atoms with E-state index in [1.165, 1.54) is 14.7 Å². The van der Waals surface area contributed by atoms with E-state index in [2.05, 4.69) is 135 Å². The minimum absolute atomic E-state index is 0.227. The van der Waals surface area contributed by atoms with E-state index < -0.39 is 15.6 Å². The normalized spacial score (nSPS) is 12.8. The highest BCUT2D eigenvalue weighted by atomic mass is 32.2. The molecular formula is C31H39F3O6S2. The van der Waals surface area contributed by atoms with Gasteiger partial charge in [0.05, 0.1) is 10.9 Å². The van der Waals surface area contributed by atoms with E-state index in [1.807, 2.05) is 0 Å². The zero-order valence-corrected chi connectivity index (χ0v) is 27.0. The number of ether oxygens (including phenoxy) is 3. The first-order valence-electron chi connectivity index (χ1n) is 13.1. The average Bonchev–Trinajstić information content (AvgIpc) is 2.79. The highest BCUT2D eigenvalue weighted by molar-refractivity contribution is 7.97. The molecule has 11 heteroatoms. The quantitative estimate of drug-likeness (QED) is 0.155. The summed E-state index contributed by atoms with van der Waals surface area (Å²) in [6.07, 6.45) is 0. The molecule has 0 spiro atoms. The lowest BCUT2D eigenvalue weighted by Gasteiger charge is -2.22. The monoisotopic (exact) mass is 628 g/mol. The Labute approximate surface area is 250 Å². The van der Waals surface area contributed by atoms with Crippen molar-refractivity contribution in [2.75, 3.05) is 0 Å². The van der Waals surface area contributed by atoms with Crippen LogP contribution in [-0.2, 0) is 21.0 Å². The number of hydrogen-bond acceptors (Lipinski definition) is 6. The molecule has 0 saturated carbocycles. The summed E-state index contributed by atoms with van der Waals surface area (Å²) in [7, 11) is -6.37. The summed E-state index contributed by atoms with van der Waals surface area (Å²) < 4.78 is 77.0. The van der Waals surface area contributed by atoms with Gasteiger partial charge in [0.2, 0.25) is 0 Å². The van der Waals surface area contributed by atoms with Gasteiger partial charge in [0.1, 0.15) is 34.1 Å². The van der Waals surface area contributed by atoms with E-state index in [9.17, 15) is 13.2 Å². The molecule has 3 aromatic rings. The summed E-state index contributed by atoms with van der Waals surface area (Å²) in [6.45, 7) is 18.6. The number of rotatable bonds is 6. The molecule has 0 atom stereocenters. The topological polar surface area (TPSA) is 84.9 Å². The predicted octanol–water partition coefficient (Wildman–Crippen LogP) is 8.37. The molecule has 0 radical (unpaired) electrons. The van der Waals surface area contributed by atoms with E-state index in [-0.39, 0.29) is 27.7 Å². The van der Waals surface area contributed by atoms with Crippen LogP contribution in [0.1, 0.15) is 62.3 Å². The van der Waals surface area contributed by atoms with E-state index >= 15 is 0 Å². The van der Waals surface area contributed by atoms with Gasteiger partial charge in [-0.3, -0.25) is 0 Å². The molecule has 0 aliphatic heterocycles. The minimum Gasteiger partial charge on any atom is -0.741 e. The first-order valence-corrected chi connectivity index (χ1v) is 15.7. The van der Waals surface area contributed by atoms with Crippen LogP contribution in [0.4, 0.5) is 13.2 Å². The van der Waals surface area contributed by atoms with Gasteiger partial charge in [-0.2, -0.15) is 13.2 Å². The van der Waals surface area contributed by atoms with E-state index in [4.69, 9.17) is 27.2 Å². The standard InChI is InChI=1S/C30H39O3S.CHF3O3S/c1-28(2,3)31-22-10-16-25(17-11-22)34(26-18-12-23(13-19-26)32-29(4,5)6)27-20-14-24(15-21-27)33-30(7,8)9;2-1(3,4)8(5,6)7/h10-21H,1-9H3;(H,5,6,7)/q+1;/p-1. The van der Waals surface area contributed by atoms with E-state index in [0.717, 1.165) is 17.2 Å². The average molecular weight is 629 g/mol. The maximum atomic E-state index is 10.7.